The fourth-order valence-electron chi connectivity index (χ4n) is 1.63. The molecule has 0 spiro atoms. The second-order valence-corrected chi connectivity index (χ2v) is 8.17. The quantitative estimate of drug-likeness (QED) is 0.693. The Balaban J connectivity index is 2.12. The van der Waals surface area contributed by atoms with Gasteiger partial charge in [0.15, 0.2) is 0 Å². The summed E-state index contributed by atoms with van der Waals surface area (Å²) in [6, 6.07) is -0.304. The lowest BCUT2D eigenvalue weighted by Gasteiger charge is -2.36. The first-order valence-electron chi connectivity index (χ1n) is 6.35. The van der Waals surface area contributed by atoms with E-state index in [2.05, 4.69) is 10.6 Å². The van der Waals surface area contributed by atoms with Crippen molar-refractivity contribution in [3.8, 4) is 0 Å². The van der Waals surface area contributed by atoms with Crippen LogP contribution in [0, 0.1) is 0 Å². The molecule has 106 valence electrons. The molecule has 1 atom stereocenters. The highest BCUT2D eigenvalue weighted by molar-refractivity contribution is 7.86. The topological polar surface area (TPSA) is 78.4 Å². The van der Waals surface area contributed by atoms with Gasteiger partial charge in [-0.1, -0.05) is 0 Å². The van der Waals surface area contributed by atoms with Gasteiger partial charge in [0.2, 0.25) is 0 Å². The Kier molecular flexibility index (Phi) is 5.16. The third-order valence-corrected chi connectivity index (χ3v) is 5.06. The number of urea groups is 1. The van der Waals surface area contributed by atoms with Crippen LogP contribution in [0.3, 0.4) is 0 Å². The molecule has 0 heterocycles. The first kappa shape index (κ1) is 15.4. The summed E-state index contributed by atoms with van der Waals surface area (Å²) >= 11 is 0. The Morgan fingerprint density at radius 3 is 2.39 bits per heavy atom. The number of hydrogen-bond donors (Lipinski definition) is 3. The predicted octanol–water partition coefficient (Wildman–Crippen LogP) is 0.748. The van der Waals surface area contributed by atoms with Gasteiger partial charge in [-0.25, -0.2) is 4.79 Å². The van der Waals surface area contributed by atoms with Crippen LogP contribution in [0.2, 0.25) is 0 Å². The van der Waals surface area contributed by atoms with Gasteiger partial charge in [-0.15, -0.1) is 0 Å². The summed E-state index contributed by atoms with van der Waals surface area (Å²) in [5.41, 5.74) is -0.703. The molecule has 0 bridgehead atoms. The average Bonchev–Trinajstić information content (AvgIpc) is 2.22. The molecule has 2 amide bonds. The molecule has 3 N–H and O–H groups in total. The molecule has 1 aliphatic carbocycles. The number of amides is 2. The van der Waals surface area contributed by atoms with Crippen LogP contribution in [-0.2, 0) is 10.8 Å². The van der Waals surface area contributed by atoms with Crippen LogP contribution in [0.4, 0.5) is 4.79 Å². The summed E-state index contributed by atoms with van der Waals surface area (Å²) in [7, 11) is -0.957. The van der Waals surface area contributed by atoms with Gasteiger partial charge < -0.3 is 15.7 Å². The monoisotopic (exact) mass is 276 g/mol. The van der Waals surface area contributed by atoms with Gasteiger partial charge in [0.25, 0.3) is 0 Å². The minimum absolute atomic E-state index is 0.251. The SMILES string of the molecule is CC(C)(C)S(=O)CCNC(=O)NCC1(O)CCC1. The van der Waals surface area contributed by atoms with Gasteiger partial charge in [-0.2, -0.15) is 0 Å². The molecule has 0 aromatic rings. The lowest BCUT2D eigenvalue weighted by molar-refractivity contribution is -0.0289. The Hall–Kier alpha value is -0.620. The fourth-order valence-corrected chi connectivity index (χ4v) is 2.53. The lowest BCUT2D eigenvalue weighted by Crippen LogP contribution is -2.50. The highest BCUT2D eigenvalue weighted by atomic mass is 32.2. The van der Waals surface area contributed by atoms with Crippen LogP contribution in [-0.4, -0.2) is 44.5 Å². The molecule has 0 aromatic heterocycles. The number of carbonyl (C=O) groups excluding carboxylic acids is 1. The van der Waals surface area contributed by atoms with Crippen molar-refractivity contribution in [1.82, 2.24) is 10.6 Å². The maximum atomic E-state index is 11.7. The van der Waals surface area contributed by atoms with Crippen molar-refractivity contribution < 1.29 is 14.1 Å². The molecular weight excluding hydrogens is 252 g/mol. The Morgan fingerprint density at radius 2 is 1.94 bits per heavy atom. The van der Waals surface area contributed by atoms with E-state index in [0.29, 0.717) is 18.8 Å². The van der Waals surface area contributed by atoms with Crippen molar-refractivity contribution in [2.75, 3.05) is 18.8 Å². The second kappa shape index (κ2) is 6.02. The molecule has 1 aliphatic rings. The van der Waals surface area contributed by atoms with Gasteiger partial charge in [-0.3, -0.25) is 4.21 Å². The average molecular weight is 276 g/mol. The summed E-state index contributed by atoms with van der Waals surface area (Å²) in [5.74, 6) is 0.446. The van der Waals surface area contributed by atoms with E-state index in [1.165, 1.54) is 0 Å². The molecule has 18 heavy (non-hydrogen) atoms. The minimum atomic E-state index is -0.957. The summed E-state index contributed by atoms with van der Waals surface area (Å²) in [6.45, 7) is 6.41. The van der Waals surface area contributed by atoms with Crippen LogP contribution in [0.15, 0.2) is 0 Å². The molecule has 5 nitrogen and oxygen atoms in total. The van der Waals surface area contributed by atoms with E-state index < -0.39 is 16.4 Å². The maximum Gasteiger partial charge on any atom is 0.314 e. The summed E-state index contributed by atoms with van der Waals surface area (Å²) in [6.07, 6.45) is 2.52. The standard InChI is InChI=1S/C12H24N2O3S/c1-11(2,3)18(17)8-7-13-10(15)14-9-12(16)5-4-6-12/h16H,4-9H2,1-3H3,(H2,13,14,15). The van der Waals surface area contributed by atoms with E-state index >= 15 is 0 Å². The van der Waals surface area contributed by atoms with Gasteiger partial charge in [0.05, 0.1) is 5.60 Å². The first-order valence-corrected chi connectivity index (χ1v) is 7.67. The molecule has 1 unspecified atom stereocenters. The van der Waals surface area contributed by atoms with Gasteiger partial charge in [0.1, 0.15) is 0 Å². The molecule has 1 saturated carbocycles. The Morgan fingerprint density at radius 1 is 1.33 bits per heavy atom. The number of aliphatic hydroxyl groups is 1. The zero-order valence-corrected chi connectivity index (χ0v) is 12.2. The van der Waals surface area contributed by atoms with E-state index in [4.69, 9.17) is 0 Å². The molecule has 1 rings (SSSR count). The van der Waals surface area contributed by atoms with E-state index in [-0.39, 0.29) is 10.8 Å². The predicted molar refractivity (Wildman–Crippen MR) is 73.0 cm³/mol. The van der Waals surface area contributed by atoms with Crippen molar-refractivity contribution in [1.29, 1.82) is 0 Å². The van der Waals surface area contributed by atoms with Crippen LogP contribution < -0.4 is 10.6 Å². The normalized spacial score (nSPS) is 19.8. The van der Waals surface area contributed by atoms with Gasteiger partial charge in [0, 0.05) is 34.4 Å². The van der Waals surface area contributed by atoms with Crippen LogP contribution in [0.25, 0.3) is 0 Å². The third kappa shape index (κ3) is 4.94. The third-order valence-electron chi connectivity index (χ3n) is 3.12. The molecule has 0 saturated heterocycles. The van der Waals surface area contributed by atoms with E-state index in [0.717, 1.165) is 19.3 Å². The first-order chi connectivity index (χ1) is 8.23. The maximum absolute atomic E-state index is 11.7. The zero-order chi connectivity index (χ0) is 13.8. The number of nitrogens with one attached hydrogen (secondary N) is 2. The van der Waals surface area contributed by atoms with Crippen LogP contribution in [0.5, 0.6) is 0 Å². The van der Waals surface area contributed by atoms with E-state index in [1.54, 1.807) is 0 Å². The van der Waals surface area contributed by atoms with Crippen LogP contribution in [0.1, 0.15) is 40.0 Å². The van der Waals surface area contributed by atoms with Crippen molar-refractivity contribution >= 4 is 16.8 Å². The molecule has 0 aliphatic heterocycles. The number of rotatable bonds is 5. The molecular formula is C12H24N2O3S. The van der Waals surface area contributed by atoms with E-state index in [1.807, 2.05) is 20.8 Å². The number of hydrogen-bond acceptors (Lipinski definition) is 3. The number of carbonyl (C=O) groups is 1. The highest BCUT2D eigenvalue weighted by Crippen LogP contribution is 2.30. The lowest BCUT2D eigenvalue weighted by atomic mass is 9.80. The largest absolute Gasteiger partial charge is 0.388 e. The van der Waals surface area contributed by atoms with E-state index in [9.17, 15) is 14.1 Å². The van der Waals surface area contributed by atoms with Crippen molar-refractivity contribution in [2.24, 2.45) is 0 Å². The highest BCUT2D eigenvalue weighted by Gasteiger charge is 2.34. The Bertz CT molecular complexity index is 322. The van der Waals surface area contributed by atoms with Crippen LogP contribution >= 0.6 is 0 Å². The van der Waals surface area contributed by atoms with Gasteiger partial charge in [-0.05, 0) is 40.0 Å². The van der Waals surface area contributed by atoms with Crippen molar-refractivity contribution in [3.63, 3.8) is 0 Å². The zero-order valence-electron chi connectivity index (χ0n) is 11.4. The smallest absolute Gasteiger partial charge is 0.314 e. The fraction of sp³-hybridized carbons (Fsp3) is 0.917. The van der Waals surface area contributed by atoms with Crippen molar-refractivity contribution in [2.45, 2.75) is 50.4 Å². The molecule has 0 radical (unpaired) electrons. The summed E-state index contributed by atoms with van der Waals surface area (Å²) in [4.78, 5) is 11.4. The molecule has 6 heteroatoms. The minimum Gasteiger partial charge on any atom is -0.388 e. The second-order valence-electron chi connectivity index (χ2n) is 5.85. The molecule has 1 fully saturated rings. The molecule has 0 aromatic carbocycles. The van der Waals surface area contributed by atoms with Gasteiger partial charge >= 0.3 is 6.03 Å². The summed E-state index contributed by atoms with van der Waals surface area (Å²) in [5, 5.41) is 15.1. The Labute approximate surface area is 111 Å². The van der Waals surface area contributed by atoms with Crippen molar-refractivity contribution in [3.05, 3.63) is 0 Å². The summed E-state index contributed by atoms with van der Waals surface area (Å²) < 4.78 is 11.5.